The van der Waals surface area contributed by atoms with Crippen molar-refractivity contribution in [1.82, 2.24) is 0 Å². The Balaban J connectivity index is 0. The van der Waals surface area contributed by atoms with Crippen molar-refractivity contribution in [1.29, 1.82) is 0 Å². The minimum atomic E-state index is 0. The number of quaternary nitrogens is 1. The lowest BCUT2D eigenvalue weighted by Gasteiger charge is -2.20. The Labute approximate surface area is 163 Å². The summed E-state index contributed by atoms with van der Waals surface area (Å²) in [5.41, 5.74) is 4.18. The number of unbranched alkanes of at least 4 members (excludes halogenated alkanes) is 10. The molecule has 3 heteroatoms. The molecule has 1 atom stereocenters. The first-order valence-electron chi connectivity index (χ1n) is 10.7. The van der Waals surface area contributed by atoms with Crippen molar-refractivity contribution in [3.05, 3.63) is 0 Å². The summed E-state index contributed by atoms with van der Waals surface area (Å²) in [4.78, 5) is 0. The molecule has 0 aromatic carbocycles. The van der Waals surface area contributed by atoms with Gasteiger partial charge in [-0.05, 0) is 19.3 Å². The topological polar surface area (TPSA) is 36.9 Å². The van der Waals surface area contributed by atoms with E-state index in [1.54, 1.807) is 0 Å². The lowest BCUT2D eigenvalue weighted by atomic mass is 10.0. The highest BCUT2D eigenvalue weighted by Gasteiger charge is 2.15. The summed E-state index contributed by atoms with van der Waals surface area (Å²) < 4.78 is 6.24. The van der Waals surface area contributed by atoms with E-state index in [1.165, 1.54) is 96.3 Å². The van der Waals surface area contributed by atoms with Gasteiger partial charge in [0, 0.05) is 6.42 Å². The van der Waals surface area contributed by atoms with Gasteiger partial charge in [-0.2, -0.15) is 0 Å². The highest BCUT2D eigenvalue weighted by atomic mass is 79.9. The number of hydrogen-bond donors (Lipinski definition) is 1. The fourth-order valence-electron chi connectivity index (χ4n) is 3.25. The van der Waals surface area contributed by atoms with Crippen LogP contribution in [0.4, 0.5) is 0 Å². The van der Waals surface area contributed by atoms with Gasteiger partial charge in [-0.25, -0.2) is 0 Å². The molecule has 0 saturated heterocycles. The van der Waals surface area contributed by atoms with E-state index < -0.39 is 0 Å². The first-order valence-corrected chi connectivity index (χ1v) is 10.7. The molecular formula is C21H46BrNO. The molecule has 0 fully saturated rings. The van der Waals surface area contributed by atoms with Crippen molar-refractivity contribution in [2.45, 2.75) is 136 Å². The van der Waals surface area contributed by atoms with Crippen molar-refractivity contribution in [3.8, 4) is 0 Å². The van der Waals surface area contributed by atoms with Crippen LogP contribution in [0.3, 0.4) is 0 Å². The molecule has 0 radical (unpaired) electrons. The molecule has 0 amide bonds. The maximum Gasteiger partial charge on any atom is 0.188 e. The van der Waals surface area contributed by atoms with Crippen LogP contribution in [0.25, 0.3) is 0 Å². The molecule has 0 aliphatic rings. The van der Waals surface area contributed by atoms with Gasteiger partial charge in [-0.15, -0.1) is 0 Å². The molecule has 0 aromatic heterocycles. The van der Waals surface area contributed by atoms with Crippen LogP contribution in [0.15, 0.2) is 0 Å². The third-order valence-electron chi connectivity index (χ3n) is 4.75. The van der Waals surface area contributed by atoms with E-state index in [9.17, 15) is 0 Å². The van der Waals surface area contributed by atoms with Crippen LogP contribution in [-0.2, 0) is 4.74 Å². The Kier molecular flexibility index (Phi) is 23.8. The van der Waals surface area contributed by atoms with E-state index in [0.717, 1.165) is 6.42 Å². The molecule has 3 N–H and O–H groups in total. The smallest absolute Gasteiger partial charge is 0.188 e. The minimum absolute atomic E-state index is 0. The van der Waals surface area contributed by atoms with E-state index in [4.69, 9.17) is 4.74 Å². The van der Waals surface area contributed by atoms with Crippen LogP contribution < -0.4 is 22.7 Å². The SMILES string of the molecule is CCCCCCCCC(CCCCCCCC)OC([NH3+])CCC.[Br-]. The van der Waals surface area contributed by atoms with E-state index in [-0.39, 0.29) is 23.2 Å². The fraction of sp³-hybridized carbons (Fsp3) is 1.00. The third kappa shape index (κ3) is 18.7. The van der Waals surface area contributed by atoms with Gasteiger partial charge in [0.05, 0.1) is 6.10 Å². The zero-order valence-corrected chi connectivity index (χ0v) is 18.5. The molecule has 0 aliphatic heterocycles. The molecule has 0 heterocycles. The molecular weight excluding hydrogens is 362 g/mol. The Morgan fingerprint density at radius 3 is 1.42 bits per heavy atom. The standard InChI is InChI=1S/C21H45NO.BrH/c1-4-7-9-11-13-15-18-20(23-21(22)17-6-3)19-16-14-12-10-8-5-2;/h20-21H,4-19,22H2,1-3H3;1H. The van der Waals surface area contributed by atoms with E-state index in [2.05, 4.69) is 26.5 Å². The molecule has 0 saturated carbocycles. The zero-order valence-electron chi connectivity index (χ0n) is 17.0. The van der Waals surface area contributed by atoms with Gasteiger partial charge in [-0.3, -0.25) is 0 Å². The zero-order chi connectivity index (χ0) is 17.2. The van der Waals surface area contributed by atoms with Crippen molar-refractivity contribution < 1.29 is 27.5 Å². The van der Waals surface area contributed by atoms with Crippen molar-refractivity contribution >= 4 is 0 Å². The van der Waals surface area contributed by atoms with Gasteiger partial charge in [0.1, 0.15) is 0 Å². The lowest BCUT2D eigenvalue weighted by Crippen LogP contribution is -3.00. The second-order valence-electron chi connectivity index (χ2n) is 7.28. The Morgan fingerprint density at radius 1 is 0.583 bits per heavy atom. The number of ether oxygens (including phenoxy) is 1. The summed E-state index contributed by atoms with van der Waals surface area (Å²) in [5.74, 6) is 0. The summed E-state index contributed by atoms with van der Waals surface area (Å²) in [6.07, 6.45) is 22.0. The van der Waals surface area contributed by atoms with E-state index in [1.807, 2.05) is 0 Å². The summed E-state index contributed by atoms with van der Waals surface area (Å²) in [5, 5.41) is 0. The van der Waals surface area contributed by atoms with Crippen LogP contribution in [0.5, 0.6) is 0 Å². The minimum Gasteiger partial charge on any atom is -1.00 e. The van der Waals surface area contributed by atoms with Gasteiger partial charge in [0.15, 0.2) is 6.23 Å². The van der Waals surface area contributed by atoms with Crippen LogP contribution in [0.2, 0.25) is 0 Å². The summed E-state index contributed by atoms with van der Waals surface area (Å²) in [6.45, 7) is 6.79. The molecule has 2 nitrogen and oxygen atoms in total. The van der Waals surface area contributed by atoms with Crippen LogP contribution in [-0.4, -0.2) is 12.3 Å². The molecule has 148 valence electrons. The van der Waals surface area contributed by atoms with E-state index >= 15 is 0 Å². The Morgan fingerprint density at radius 2 is 1.00 bits per heavy atom. The molecule has 0 bridgehead atoms. The molecule has 24 heavy (non-hydrogen) atoms. The Hall–Kier alpha value is 0.400. The lowest BCUT2D eigenvalue weighted by molar-refractivity contribution is -0.499. The second-order valence-corrected chi connectivity index (χ2v) is 7.28. The van der Waals surface area contributed by atoms with Crippen LogP contribution in [0, 0.1) is 0 Å². The predicted octanol–water partition coefficient (Wildman–Crippen LogP) is 3.24. The van der Waals surface area contributed by atoms with Gasteiger partial charge in [-0.1, -0.05) is 97.8 Å². The fourth-order valence-corrected chi connectivity index (χ4v) is 3.25. The highest BCUT2D eigenvalue weighted by molar-refractivity contribution is 4.61. The number of halogens is 1. The predicted molar refractivity (Wildman–Crippen MR) is 102 cm³/mol. The normalized spacial score (nSPS) is 12.4. The first kappa shape index (κ1) is 26.6. The molecule has 0 aliphatic carbocycles. The van der Waals surface area contributed by atoms with Gasteiger partial charge in [0.2, 0.25) is 0 Å². The van der Waals surface area contributed by atoms with Crippen LogP contribution in [0.1, 0.15) is 124 Å². The molecule has 0 spiro atoms. The van der Waals surface area contributed by atoms with Gasteiger partial charge in [0.25, 0.3) is 0 Å². The highest BCUT2D eigenvalue weighted by Crippen LogP contribution is 2.17. The quantitative estimate of drug-likeness (QED) is 0.274. The van der Waals surface area contributed by atoms with Crippen molar-refractivity contribution in [2.75, 3.05) is 0 Å². The second kappa shape index (κ2) is 21.4. The van der Waals surface area contributed by atoms with E-state index in [0.29, 0.717) is 6.10 Å². The monoisotopic (exact) mass is 407 g/mol. The third-order valence-corrected chi connectivity index (χ3v) is 4.75. The average Bonchev–Trinajstić information content (AvgIpc) is 2.53. The average molecular weight is 409 g/mol. The first-order chi connectivity index (χ1) is 11.2. The molecule has 0 rings (SSSR count). The largest absolute Gasteiger partial charge is 1.00 e. The Bertz CT molecular complexity index is 210. The summed E-state index contributed by atoms with van der Waals surface area (Å²) in [7, 11) is 0. The van der Waals surface area contributed by atoms with Gasteiger partial charge < -0.3 is 27.5 Å². The summed E-state index contributed by atoms with van der Waals surface area (Å²) >= 11 is 0. The molecule has 1 unspecified atom stereocenters. The summed E-state index contributed by atoms with van der Waals surface area (Å²) in [6, 6.07) is 0. The number of rotatable bonds is 18. The molecule has 0 aromatic rings. The van der Waals surface area contributed by atoms with Crippen molar-refractivity contribution in [3.63, 3.8) is 0 Å². The number of hydrogen-bond acceptors (Lipinski definition) is 1. The van der Waals surface area contributed by atoms with Crippen LogP contribution >= 0.6 is 0 Å². The van der Waals surface area contributed by atoms with Gasteiger partial charge >= 0.3 is 0 Å². The maximum absolute atomic E-state index is 6.24. The maximum atomic E-state index is 6.24. The van der Waals surface area contributed by atoms with Crippen molar-refractivity contribution in [2.24, 2.45) is 0 Å².